The first-order valence-corrected chi connectivity index (χ1v) is 6.45. The normalized spacial score (nSPS) is 13.3. The summed E-state index contributed by atoms with van der Waals surface area (Å²) in [6.45, 7) is 0. The second kappa shape index (κ2) is 8.04. The van der Waals surface area contributed by atoms with Gasteiger partial charge in [0.2, 0.25) is 0 Å². The fourth-order valence-electron chi connectivity index (χ4n) is 1.24. The van der Waals surface area contributed by atoms with Crippen LogP contribution in [-0.4, -0.2) is 31.3 Å². The van der Waals surface area contributed by atoms with Gasteiger partial charge >= 0.3 is 5.97 Å². The minimum absolute atomic E-state index is 0.151. The predicted octanol–water partition coefficient (Wildman–Crippen LogP) is 2.52. The van der Waals surface area contributed by atoms with Gasteiger partial charge in [-0.2, -0.15) is 0 Å². The number of halogens is 1. The lowest BCUT2D eigenvalue weighted by Gasteiger charge is -2.06. The van der Waals surface area contributed by atoms with Crippen LogP contribution in [-0.2, 0) is 15.9 Å². The van der Waals surface area contributed by atoms with Crippen molar-refractivity contribution in [3.63, 3.8) is 0 Å². The number of esters is 1. The monoisotopic (exact) mass is 363 g/mol. The molecule has 0 N–H and O–H groups in total. The van der Waals surface area contributed by atoms with Crippen LogP contribution < -0.4 is 0 Å². The van der Waals surface area contributed by atoms with Gasteiger partial charge in [0.05, 0.1) is 19.6 Å². The van der Waals surface area contributed by atoms with Crippen LogP contribution in [0.5, 0.6) is 0 Å². The highest BCUT2D eigenvalue weighted by Crippen LogP contribution is 2.08. The van der Waals surface area contributed by atoms with Crippen molar-refractivity contribution in [1.29, 1.82) is 0 Å². The number of methoxy groups -OCH3 is 2. The minimum Gasteiger partial charge on any atom is -0.464 e. The summed E-state index contributed by atoms with van der Waals surface area (Å²) in [5.74, 6) is -0.0762. The Balaban J connectivity index is 2.64. The second-order valence-electron chi connectivity index (χ2n) is 3.30. The molecule has 0 fully saturated rings. The molecule has 1 rings (SSSR count). The van der Waals surface area contributed by atoms with Gasteiger partial charge in [-0.05, 0) is 4.08 Å². The van der Waals surface area contributed by atoms with Crippen LogP contribution in [0.1, 0.15) is 16.4 Å². The number of allylic oxidation sites excluding steroid dienone is 2. The molecule has 6 heteroatoms. The van der Waals surface area contributed by atoms with Gasteiger partial charge in [0.15, 0.2) is 11.6 Å². The average molecular weight is 363 g/mol. The number of rotatable bonds is 6. The Morgan fingerprint density at radius 3 is 2.94 bits per heavy atom. The van der Waals surface area contributed by atoms with E-state index in [9.17, 15) is 4.79 Å². The average Bonchev–Trinajstić information content (AvgIpc) is 2.85. The van der Waals surface area contributed by atoms with Crippen LogP contribution in [0.15, 0.2) is 33.0 Å². The molecule has 0 aromatic carbocycles. The molecular formula is C12H14INO4. The maximum Gasteiger partial charge on any atom is 0.360 e. The minimum atomic E-state index is -0.512. The Hall–Kier alpha value is -1.15. The van der Waals surface area contributed by atoms with Crippen molar-refractivity contribution in [2.24, 2.45) is 0 Å². The number of ether oxygens (including phenoxy) is 2. The van der Waals surface area contributed by atoms with Crippen molar-refractivity contribution < 1.29 is 18.7 Å². The van der Waals surface area contributed by atoms with Gasteiger partial charge in [-0.3, -0.25) is 0 Å². The molecule has 0 aliphatic rings. The van der Waals surface area contributed by atoms with E-state index in [0.717, 1.165) is 0 Å². The van der Waals surface area contributed by atoms with E-state index in [4.69, 9.17) is 9.15 Å². The molecule has 1 aromatic rings. The lowest BCUT2D eigenvalue weighted by molar-refractivity contribution is 0.0594. The number of aromatic nitrogens is 1. The summed E-state index contributed by atoms with van der Waals surface area (Å²) in [7, 11) is 2.90. The zero-order valence-corrected chi connectivity index (χ0v) is 12.3. The number of hydrogen-bond donors (Lipinski definition) is 0. The van der Waals surface area contributed by atoms with Crippen LogP contribution in [0.2, 0.25) is 0 Å². The molecule has 0 saturated carbocycles. The van der Waals surface area contributed by atoms with E-state index in [2.05, 4.69) is 32.3 Å². The molecular weight excluding hydrogens is 349 g/mol. The van der Waals surface area contributed by atoms with Crippen molar-refractivity contribution in [3.8, 4) is 0 Å². The molecule has 5 nitrogen and oxygen atoms in total. The lowest BCUT2D eigenvalue weighted by atomic mass is 10.2. The largest absolute Gasteiger partial charge is 0.464 e. The Morgan fingerprint density at radius 2 is 2.33 bits per heavy atom. The fourth-order valence-corrected chi connectivity index (χ4v) is 1.47. The third kappa shape index (κ3) is 4.61. The number of oxazole rings is 1. The molecule has 18 heavy (non-hydrogen) atoms. The topological polar surface area (TPSA) is 61.6 Å². The van der Waals surface area contributed by atoms with E-state index in [1.54, 1.807) is 7.11 Å². The molecule has 0 aliphatic heterocycles. The van der Waals surface area contributed by atoms with E-state index in [1.165, 1.54) is 13.4 Å². The highest BCUT2D eigenvalue weighted by atomic mass is 127. The zero-order valence-electron chi connectivity index (χ0n) is 10.1. The SMILES string of the molecule is COC(=O)c1coc(CC(/C=C/C=C\I)OC)n1. The highest BCUT2D eigenvalue weighted by molar-refractivity contribution is 14.1. The summed E-state index contributed by atoms with van der Waals surface area (Å²) in [6, 6.07) is 0. The summed E-state index contributed by atoms with van der Waals surface area (Å²) in [6.07, 6.45) is 7.24. The third-order valence-electron chi connectivity index (χ3n) is 2.13. The van der Waals surface area contributed by atoms with E-state index < -0.39 is 5.97 Å². The van der Waals surface area contributed by atoms with E-state index in [1.807, 2.05) is 22.3 Å². The van der Waals surface area contributed by atoms with Crippen LogP contribution in [0.4, 0.5) is 0 Å². The first-order valence-electron chi connectivity index (χ1n) is 5.20. The Labute approximate surface area is 119 Å². The number of nitrogens with zero attached hydrogens (tertiary/aromatic N) is 1. The van der Waals surface area contributed by atoms with E-state index >= 15 is 0 Å². The highest BCUT2D eigenvalue weighted by Gasteiger charge is 2.14. The summed E-state index contributed by atoms with van der Waals surface area (Å²) >= 11 is 2.13. The van der Waals surface area contributed by atoms with E-state index in [-0.39, 0.29) is 11.8 Å². The van der Waals surface area contributed by atoms with E-state index in [0.29, 0.717) is 12.3 Å². The molecule has 0 spiro atoms. The standard InChI is InChI=1S/C12H14INO4/c1-16-9(5-3-4-6-13)7-11-14-10(8-18-11)12(15)17-2/h3-6,8-9H,7H2,1-2H3/b5-3+,6-4-. The van der Waals surface area contributed by atoms with Crippen molar-refractivity contribution in [3.05, 3.63) is 40.2 Å². The number of carbonyl (C=O) groups is 1. The van der Waals surface area contributed by atoms with Crippen LogP contribution in [0.25, 0.3) is 0 Å². The summed E-state index contributed by atoms with van der Waals surface area (Å²) < 4.78 is 16.9. The van der Waals surface area contributed by atoms with Crippen LogP contribution >= 0.6 is 22.6 Å². The molecule has 1 unspecified atom stereocenters. The van der Waals surface area contributed by atoms with Crippen LogP contribution in [0, 0.1) is 0 Å². The zero-order chi connectivity index (χ0) is 13.4. The van der Waals surface area contributed by atoms with Gasteiger partial charge in [-0.15, -0.1) is 0 Å². The first-order chi connectivity index (χ1) is 8.71. The first kappa shape index (κ1) is 14.9. The third-order valence-corrected chi connectivity index (χ3v) is 2.55. The van der Waals surface area contributed by atoms with Crippen molar-refractivity contribution >= 4 is 28.6 Å². The molecule has 0 aliphatic carbocycles. The molecule has 0 radical (unpaired) electrons. The van der Waals surface area contributed by atoms with Crippen molar-refractivity contribution in [2.45, 2.75) is 12.5 Å². The van der Waals surface area contributed by atoms with Gasteiger partial charge in [0, 0.05) is 7.11 Å². The Kier molecular flexibility index (Phi) is 6.66. The molecule has 0 amide bonds. The Morgan fingerprint density at radius 1 is 1.56 bits per heavy atom. The van der Waals surface area contributed by atoms with Gasteiger partial charge in [-0.25, -0.2) is 9.78 Å². The van der Waals surface area contributed by atoms with Gasteiger partial charge in [-0.1, -0.05) is 40.8 Å². The van der Waals surface area contributed by atoms with Gasteiger partial charge in [0.1, 0.15) is 6.26 Å². The molecule has 0 saturated heterocycles. The number of carbonyl (C=O) groups excluding carboxylic acids is 1. The smallest absolute Gasteiger partial charge is 0.360 e. The summed E-state index contributed by atoms with van der Waals surface area (Å²) in [5.41, 5.74) is 0.165. The second-order valence-corrected chi connectivity index (χ2v) is 4.02. The maximum atomic E-state index is 11.2. The molecule has 1 aromatic heterocycles. The molecule has 1 atom stereocenters. The van der Waals surface area contributed by atoms with Crippen molar-refractivity contribution in [1.82, 2.24) is 4.98 Å². The maximum absolute atomic E-state index is 11.2. The number of hydrogen-bond acceptors (Lipinski definition) is 5. The molecule has 0 bridgehead atoms. The quantitative estimate of drug-likeness (QED) is 0.442. The van der Waals surface area contributed by atoms with Crippen LogP contribution in [0.3, 0.4) is 0 Å². The molecule has 98 valence electrons. The lowest BCUT2D eigenvalue weighted by Crippen LogP contribution is -2.11. The Bertz CT molecular complexity index is 439. The summed E-state index contributed by atoms with van der Waals surface area (Å²) in [5, 5.41) is 0. The van der Waals surface area contributed by atoms with Gasteiger partial charge < -0.3 is 13.9 Å². The van der Waals surface area contributed by atoms with Crippen molar-refractivity contribution in [2.75, 3.05) is 14.2 Å². The summed E-state index contributed by atoms with van der Waals surface area (Å²) in [4.78, 5) is 15.2. The molecule has 1 heterocycles. The van der Waals surface area contributed by atoms with Gasteiger partial charge in [0.25, 0.3) is 0 Å². The fraction of sp³-hybridized carbons (Fsp3) is 0.333. The predicted molar refractivity (Wildman–Crippen MR) is 74.6 cm³/mol.